The molecule has 0 unspecified atom stereocenters. The average Bonchev–Trinajstić information content (AvgIpc) is 2.30. The second kappa shape index (κ2) is 5.67. The van der Waals surface area contributed by atoms with Gasteiger partial charge in [0, 0.05) is 27.1 Å². The van der Waals surface area contributed by atoms with Crippen LogP contribution < -0.4 is 16.0 Å². The Morgan fingerprint density at radius 1 is 1.53 bits per heavy atom. The molecule has 0 spiro atoms. The molecule has 7 heteroatoms. The van der Waals surface area contributed by atoms with Crippen molar-refractivity contribution in [3.63, 3.8) is 0 Å². The number of nitrogen functional groups attached to an aromatic ring is 1. The van der Waals surface area contributed by atoms with Crippen LogP contribution in [0.2, 0.25) is 5.28 Å². The first-order valence-corrected chi connectivity index (χ1v) is 5.54. The quantitative estimate of drug-likeness (QED) is 0.772. The highest BCUT2D eigenvalue weighted by Crippen LogP contribution is 2.23. The SMILES string of the molecule is CNC(=O)CCN(C)c1nc(Cl)nc(C)c1N. The molecule has 1 aromatic rings. The van der Waals surface area contributed by atoms with Gasteiger partial charge in [-0.15, -0.1) is 0 Å². The van der Waals surface area contributed by atoms with E-state index >= 15 is 0 Å². The molecule has 94 valence electrons. The fraction of sp³-hybridized carbons (Fsp3) is 0.500. The minimum Gasteiger partial charge on any atom is -0.394 e. The van der Waals surface area contributed by atoms with Crippen LogP contribution in [0.3, 0.4) is 0 Å². The molecule has 17 heavy (non-hydrogen) atoms. The number of halogens is 1. The summed E-state index contributed by atoms with van der Waals surface area (Å²) in [4.78, 5) is 20.9. The lowest BCUT2D eigenvalue weighted by Gasteiger charge is -2.20. The number of aryl methyl sites for hydroxylation is 1. The standard InChI is InChI=1S/C10H16ClN5O/c1-6-8(12)9(15-10(11)14-6)16(3)5-4-7(17)13-2/h4-5,12H2,1-3H3,(H,13,17). The van der Waals surface area contributed by atoms with Crippen LogP contribution in [0.4, 0.5) is 11.5 Å². The van der Waals surface area contributed by atoms with Gasteiger partial charge in [0.1, 0.15) is 0 Å². The molecule has 0 saturated carbocycles. The number of hydrogen-bond acceptors (Lipinski definition) is 5. The molecule has 0 aromatic carbocycles. The maximum Gasteiger partial charge on any atom is 0.224 e. The summed E-state index contributed by atoms with van der Waals surface area (Å²) in [5.74, 6) is 0.513. The van der Waals surface area contributed by atoms with Crippen molar-refractivity contribution >= 4 is 29.0 Å². The summed E-state index contributed by atoms with van der Waals surface area (Å²) >= 11 is 5.77. The van der Waals surface area contributed by atoms with Crippen molar-refractivity contribution < 1.29 is 4.79 Å². The first-order valence-electron chi connectivity index (χ1n) is 5.17. The number of nitrogens with two attached hydrogens (primary N) is 1. The predicted octanol–water partition coefficient (Wildman–Crippen LogP) is 0.593. The lowest BCUT2D eigenvalue weighted by Crippen LogP contribution is -2.27. The summed E-state index contributed by atoms with van der Waals surface area (Å²) < 4.78 is 0. The Bertz CT molecular complexity index is 423. The summed E-state index contributed by atoms with van der Waals surface area (Å²) in [7, 11) is 3.40. The van der Waals surface area contributed by atoms with Gasteiger partial charge in [-0.2, -0.15) is 4.98 Å². The Morgan fingerprint density at radius 2 is 2.18 bits per heavy atom. The first kappa shape index (κ1) is 13.5. The zero-order valence-corrected chi connectivity index (χ0v) is 10.9. The van der Waals surface area contributed by atoms with Crippen LogP contribution in [-0.4, -0.2) is 36.5 Å². The largest absolute Gasteiger partial charge is 0.394 e. The number of carbonyl (C=O) groups excluding carboxylic acids is 1. The Labute approximate surface area is 105 Å². The van der Waals surface area contributed by atoms with E-state index in [1.807, 2.05) is 0 Å². The van der Waals surface area contributed by atoms with Crippen molar-refractivity contribution in [2.75, 3.05) is 31.3 Å². The van der Waals surface area contributed by atoms with Gasteiger partial charge in [0.2, 0.25) is 11.2 Å². The summed E-state index contributed by atoms with van der Waals surface area (Å²) in [5, 5.41) is 2.70. The van der Waals surface area contributed by atoms with Gasteiger partial charge < -0.3 is 16.0 Å². The van der Waals surface area contributed by atoms with Crippen molar-refractivity contribution in [3.8, 4) is 0 Å². The van der Waals surface area contributed by atoms with E-state index in [2.05, 4.69) is 15.3 Å². The van der Waals surface area contributed by atoms with E-state index in [0.29, 0.717) is 30.2 Å². The number of nitrogens with zero attached hydrogens (tertiary/aromatic N) is 3. The molecule has 0 saturated heterocycles. The van der Waals surface area contributed by atoms with E-state index in [0.717, 1.165) is 0 Å². The van der Waals surface area contributed by atoms with Crippen LogP contribution in [0.15, 0.2) is 0 Å². The lowest BCUT2D eigenvalue weighted by molar-refractivity contribution is -0.120. The van der Waals surface area contributed by atoms with Crippen LogP contribution in [-0.2, 0) is 4.79 Å². The van der Waals surface area contributed by atoms with Gasteiger partial charge in [0.25, 0.3) is 0 Å². The minimum atomic E-state index is -0.0349. The van der Waals surface area contributed by atoms with Gasteiger partial charge in [-0.1, -0.05) is 0 Å². The molecule has 1 rings (SSSR count). The van der Waals surface area contributed by atoms with Crippen LogP contribution in [0.25, 0.3) is 0 Å². The fourth-order valence-corrected chi connectivity index (χ4v) is 1.53. The summed E-state index contributed by atoms with van der Waals surface area (Å²) in [6.45, 7) is 2.27. The Balaban J connectivity index is 2.81. The van der Waals surface area contributed by atoms with Crippen molar-refractivity contribution in [3.05, 3.63) is 11.0 Å². The second-order valence-corrected chi connectivity index (χ2v) is 4.00. The maximum absolute atomic E-state index is 11.1. The minimum absolute atomic E-state index is 0.0349. The molecular formula is C10H16ClN5O. The number of nitrogens with one attached hydrogen (secondary N) is 1. The maximum atomic E-state index is 11.1. The molecule has 1 heterocycles. The molecule has 0 aliphatic carbocycles. The molecule has 0 aliphatic rings. The van der Waals surface area contributed by atoms with Crippen molar-refractivity contribution in [1.29, 1.82) is 0 Å². The molecule has 3 N–H and O–H groups in total. The molecular weight excluding hydrogens is 242 g/mol. The van der Waals surface area contributed by atoms with Gasteiger partial charge in [0.15, 0.2) is 5.82 Å². The Kier molecular flexibility index (Phi) is 4.51. The smallest absolute Gasteiger partial charge is 0.224 e. The van der Waals surface area contributed by atoms with Crippen LogP contribution >= 0.6 is 11.6 Å². The van der Waals surface area contributed by atoms with Gasteiger partial charge in [-0.05, 0) is 18.5 Å². The number of aromatic nitrogens is 2. The normalized spacial score (nSPS) is 10.1. The molecule has 0 radical (unpaired) electrons. The Morgan fingerprint density at radius 3 is 2.76 bits per heavy atom. The van der Waals surface area contributed by atoms with Gasteiger partial charge in [-0.3, -0.25) is 4.79 Å². The number of hydrogen-bond donors (Lipinski definition) is 2. The molecule has 0 aliphatic heterocycles. The van der Waals surface area contributed by atoms with Crippen molar-refractivity contribution in [2.24, 2.45) is 0 Å². The third-order valence-corrected chi connectivity index (χ3v) is 2.57. The van der Waals surface area contributed by atoms with E-state index in [-0.39, 0.29) is 11.2 Å². The molecule has 6 nitrogen and oxygen atoms in total. The van der Waals surface area contributed by atoms with Gasteiger partial charge in [-0.25, -0.2) is 4.98 Å². The summed E-state index contributed by atoms with van der Waals surface area (Å²) in [6.07, 6.45) is 0.368. The van der Waals surface area contributed by atoms with E-state index in [1.165, 1.54) is 0 Å². The van der Waals surface area contributed by atoms with E-state index in [9.17, 15) is 4.79 Å². The zero-order chi connectivity index (χ0) is 13.0. The van der Waals surface area contributed by atoms with Crippen LogP contribution in [0.5, 0.6) is 0 Å². The number of carbonyl (C=O) groups is 1. The molecule has 0 bridgehead atoms. The highest BCUT2D eigenvalue weighted by molar-refractivity contribution is 6.28. The zero-order valence-electron chi connectivity index (χ0n) is 10.1. The number of rotatable bonds is 4. The lowest BCUT2D eigenvalue weighted by atomic mass is 10.3. The van der Waals surface area contributed by atoms with Crippen molar-refractivity contribution in [1.82, 2.24) is 15.3 Å². The first-order chi connectivity index (χ1) is 7.95. The van der Waals surface area contributed by atoms with Gasteiger partial charge >= 0.3 is 0 Å². The third kappa shape index (κ3) is 3.45. The fourth-order valence-electron chi connectivity index (χ4n) is 1.32. The van der Waals surface area contributed by atoms with Crippen LogP contribution in [0, 0.1) is 6.92 Å². The Hall–Kier alpha value is -1.56. The highest BCUT2D eigenvalue weighted by atomic mass is 35.5. The molecule has 0 atom stereocenters. The predicted molar refractivity (Wildman–Crippen MR) is 68.1 cm³/mol. The monoisotopic (exact) mass is 257 g/mol. The topological polar surface area (TPSA) is 84.1 Å². The average molecular weight is 258 g/mol. The van der Waals surface area contributed by atoms with E-state index < -0.39 is 0 Å². The number of amides is 1. The number of anilines is 2. The van der Waals surface area contributed by atoms with E-state index in [4.69, 9.17) is 17.3 Å². The second-order valence-electron chi connectivity index (χ2n) is 3.66. The van der Waals surface area contributed by atoms with Crippen molar-refractivity contribution in [2.45, 2.75) is 13.3 Å². The van der Waals surface area contributed by atoms with Gasteiger partial charge in [0.05, 0.1) is 11.4 Å². The van der Waals surface area contributed by atoms with E-state index in [1.54, 1.807) is 25.9 Å². The molecule has 1 amide bonds. The van der Waals surface area contributed by atoms with Crippen LogP contribution in [0.1, 0.15) is 12.1 Å². The molecule has 0 fully saturated rings. The summed E-state index contributed by atoms with van der Waals surface area (Å²) in [6, 6.07) is 0. The molecule has 1 aromatic heterocycles. The summed E-state index contributed by atoms with van der Waals surface area (Å²) in [5.41, 5.74) is 6.98. The highest BCUT2D eigenvalue weighted by Gasteiger charge is 2.12. The third-order valence-electron chi connectivity index (χ3n) is 2.40.